The fraction of sp³-hybridized carbons (Fsp3) is 0.222. The standard InChI is InChI=1S/C18H14N2O10/c21-15(11-5-1-3-7-13(11)19(23)24)29-17-18(28-10-9-27-17)30-16(22)12-6-2-4-8-14(12)20(25)26/h1-8,17-18H,9-10H2/t17-,18-/m0/s1. The molecule has 0 N–H and O–H groups in total. The Morgan fingerprint density at radius 3 is 1.50 bits per heavy atom. The molecule has 1 fully saturated rings. The number of hydrogen-bond donors (Lipinski definition) is 0. The van der Waals surface area contributed by atoms with Gasteiger partial charge in [0, 0.05) is 12.1 Å². The second-order valence-corrected chi connectivity index (χ2v) is 5.84. The quantitative estimate of drug-likeness (QED) is 0.387. The van der Waals surface area contributed by atoms with Gasteiger partial charge >= 0.3 is 11.9 Å². The lowest BCUT2D eigenvalue weighted by Gasteiger charge is -2.30. The molecule has 0 spiro atoms. The van der Waals surface area contributed by atoms with Gasteiger partial charge in [0.1, 0.15) is 11.1 Å². The maximum atomic E-state index is 12.4. The minimum atomic E-state index is -1.53. The van der Waals surface area contributed by atoms with Crippen LogP contribution >= 0.6 is 0 Å². The molecule has 0 amide bonds. The SMILES string of the molecule is O=C(O[C@@H]1OCCO[C@H]1OC(=O)c1ccccc1[N+](=O)[O-])c1ccccc1[N+](=O)[O-]. The first-order valence-electron chi connectivity index (χ1n) is 8.50. The van der Waals surface area contributed by atoms with E-state index in [0.29, 0.717) is 0 Å². The maximum Gasteiger partial charge on any atom is 0.347 e. The number of para-hydroxylation sites is 2. The number of carbonyl (C=O) groups excluding carboxylic acids is 2. The number of hydrogen-bond acceptors (Lipinski definition) is 10. The number of benzene rings is 2. The van der Waals surface area contributed by atoms with Gasteiger partial charge in [0.25, 0.3) is 24.0 Å². The van der Waals surface area contributed by atoms with Crippen molar-refractivity contribution in [1.82, 2.24) is 0 Å². The van der Waals surface area contributed by atoms with Crippen LogP contribution in [0.15, 0.2) is 48.5 Å². The normalized spacial score (nSPS) is 18.3. The first-order chi connectivity index (χ1) is 14.4. The molecule has 1 saturated heterocycles. The Labute approximate surface area is 168 Å². The molecule has 2 aromatic rings. The van der Waals surface area contributed by atoms with E-state index >= 15 is 0 Å². The summed E-state index contributed by atoms with van der Waals surface area (Å²) in [6.45, 7) is -0.0112. The van der Waals surface area contributed by atoms with Gasteiger partial charge in [0.05, 0.1) is 23.1 Å². The summed E-state index contributed by atoms with van der Waals surface area (Å²) in [5, 5.41) is 22.2. The first-order valence-corrected chi connectivity index (χ1v) is 8.50. The number of ether oxygens (including phenoxy) is 4. The Morgan fingerprint density at radius 2 is 1.13 bits per heavy atom. The van der Waals surface area contributed by atoms with Crippen LogP contribution in [0.2, 0.25) is 0 Å². The monoisotopic (exact) mass is 418 g/mol. The molecule has 3 rings (SSSR count). The zero-order valence-electron chi connectivity index (χ0n) is 15.2. The van der Waals surface area contributed by atoms with E-state index in [1.165, 1.54) is 36.4 Å². The van der Waals surface area contributed by atoms with E-state index in [-0.39, 0.29) is 24.3 Å². The molecule has 156 valence electrons. The van der Waals surface area contributed by atoms with Crippen LogP contribution in [0, 0.1) is 20.2 Å². The second kappa shape index (κ2) is 9.07. The lowest BCUT2D eigenvalue weighted by Crippen LogP contribution is -2.44. The number of nitrogens with zero attached hydrogens (tertiary/aromatic N) is 2. The van der Waals surface area contributed by atoms with Gasteiger partial charge in [-0.25, -0.2) is 9.59 Å². The lowest BCUT2D eigenvalue weighted by molar-refractivity contribution is -0.385. The third-order valence-electron chi connectivity index (χ3n) is 3.96. The number of carbonyl (C=O) groups is 2. The molecular formula is C18H14N2O10. The molecule has 2 atom stereocenters. The molecule has 1 heterocycles. The Kier molecular flexibility index (Phi) is 6.29. The Hall–Kier alpha value is -3.90. The zero-order valence-corrected chi connectivity index (χ0v) is 15.2. The Morgan fingerprint density at radius 1 is 0.767 bits per heavy atom. The van der Waals surface area contributed by atoms with E-state index in [9.17, 15) is 29.8 Å². The number of esters is 2. The van der Waals surface area contributed by atoms with Crippen LogP contribution in [0.3, 0.4) is 0 Å². The van der Waals surface area contributed by atoms with Crippen molar-refractivity contribution in [2.24, 2.45) is 0 Å². The van der Waals surface area contributed by atoms with Crippen LogP contribution < -0.4 is 0 Å². The van der Waals surface area contributed by atoms with Gasteiger partial charge in [-0.05, 0) is 12.1 Å². The molecule has 12 heteroatoms. The minimum Gasteiger partial charge on any atom is -0.425 e. The summed E-state index contributed by atoms with van der Waals surface area (Å²) in [6, 6.07) is 10.2. The smallest absolute Gasteiger partial charge is 0.347 e. The highest BCUT2D eigenvalue weighted by atomic mass is 16.8. The Bertz CT molecular complexity index is 913. The molecular weight excluding hydrogens is 404 g/mol. The third-order valence-corrected chi connectivity index (χ3v) is 3.96. The summed E-state index contributed by atoms with van der Waals surface area (Å²) >= 11 is 0. The van der Waals surface area contributed by atoms with Gasteiger partial charge in [-0.1, -0.05) is 24.3 Å². The topological polar surface area (TPSA) is 157 Å². The van der Waals surface area contributed by atoms with Crippen molar-refractivity contribution < 1.29 is 38.4 Å². The second-order valence-electron chi connectivity index (χ2n) is 5.84. The van der Waals surface area contributed by atoms with Crippen LogP contribution in [-0.2, 0) is 18.9 Å². The maximum absolute atomic E-state index is 12.4. The van der Waals surface area contributed by atoms with Crippen molar-refractivity contribution in [3.63, 3.8) is 0 Å². The molecule has 0 aliphatic carbocycles. The molecule has 30 heavy (non-hydrogen) atoms. The van der Waals surface area contributed by atoms with Crippen LogP contribution in [0.25, 0.3) is 0 Å². The van der Waals surface area contributed by atoms with E-state index in [2.05, 4.69) is 0 Å². The number of rotatable bonds is 6. The average molecular weight is 418 g/mol. The van der Waals surface area contributed by atoms with Gasteiger partial charge < -0.3 is 18.9 Å². The van der Waals surface area contributed by atoms with Crippen molar-refractivity contribution in [3.05, 3.63) is 79.9 Å². The molecule has 0 saturated carbocycles. The summed E-state index contributed by atoms with van der Waals surface area (Å²) in [5.41, 5.74) is -1.62. The van der Waals surface area contributed by atoms with Crippen molar-refractivity contribution in [2.45, 2.75) is 12.6 Å². The van der Waals surface area contributed by atoms with E-state index < -0.39 is 45.7 Å². The molecule has 0 unspecified atom stereocenters. The minimum absolute atomic E-state index is 0.00559. The van der Waals surface area contributed by atoms with E-state index in [0.717, 1.165) is 12.1 Å². The predicted molar refractivity (Wildman–Crippen MR) is 96.5 cm³/mol. The molecule has 1 aliphatic heterocycles. The molecule has 12 nitrogen and oxygen atoms in total. The highest BCUT2D eigenvalue weighted by Gasteiger charge is 2.36. The van der Waals surface area contributed by atoms with Crippen molar-refractivity contribution in [2.75, 3.05) is 13.2 Å². The number of nitro benzene ring substituents is 2. The zero-order chi connectivity index (χ0) is 21.7. The highest BCUT2D eigenvalue weighted by Crippen LogP contribution is 2.24. The fourth-order valence-corrected chi connectivity index (χ4v) is 2.61. The molecule has 1 aliphatic rings. The highest BCUT2D eigenvalue weighted by molar-refractivity contribution is 5.94. The van der Waals surface area contributed by atoms with Gasteiger partial charge in [-0.15, -0.1) is 0 Å². The van der Waals surface area contributed by atoms with Gasteiger partial charge in [0.2, 0.25) is 0 Å². The van der Waals surface area contributed by atoms with Crippen molar-refractivity contribution in [3.8, 4) is 0 Å². The van der Waals surface area contributed by atoms with Crippen molar-refractivity contribution in [1.29, 1.82) is 0 Å². The third kappa shape index (κ3) is 4.56. The van der Waals surface area contributed by atoms with E-state index in [1.54, 1.807) is 0 Å². The Balaban J connectivity index is 1.76. The van der Waals surface area contributed by atoms with Gasteiger partial charge in [-0.3, -0.25) is 20.2 Å². The van der Waals surface area contributed by atoms with Gasteiger partial charge in [-0.2, -0.15) is 0 Å². The molecule has 2 aromatic carbocycles. The summed E-state index contributed by atoms with van der Waals surface area (Å²) in [5.74, 6) is -2.19. The molecule has 0 radical (unpaired) electrons. The van der Waals surface area contributed by atoms with Crippen LogP contribution in [0.5, 0.6) is 0 Å². The van der Waals surface area contributed by atoms with Crippen LogP contribution in [-0.4, -0.2) is 47.6 Å². The summed E-state index contributed by atoms with van der Waals surface area (Å²) in [6.07, 6.45) is -3.06. The predicted octanol–water partition coefficient (Wildman–Crippen LogP) is 2.22. The summed E-state index contributed by atoms with van der Waals surface area (Å²) in [7, 11) is 0. The van der Waals surface area contributed by atoms with E-state index in [1.807, 2.05) is 0 Å². The first kappa shape index (κ1) is 20.8. The van der Waals surface area contributed by atoms with E-state index in [4.69, 9.17) is 18.9 Å². The fourth-order valence-electron chi connectivity index (χ4n) is 2.61. The van der Waals surface area contributed by atoms with Crippen molar-refractivity contribution >= 4 is 23.3 Å². The summed E-state index contributed by atoms with van der Waals surface area (Å²) < 4.78 is 20.7. The van der Waals surface area contributed by atoms with Gasteiger partial charge in [0.15, 0.2) is 0 Å². The molecule has 0 bridgehead atoms. The summed E-state index contributed by atoms with van der Waals surface area (Å²) in [4.78, 5) is 45.5. The number of nitro groups is 2. The average Bonchev–Trinajstić information content (AvgIpc) is 2.75. The van der Waals surface area contributed by atoms with Crippen LogP contribution in [0.1, 0.15) is 20.7 Å². The van der Waals surface area contributed by atoms with Crippen LogP contribution in [0.4, 0.5) is 11.4 Å². The lowest BCUT2D eigenvalue weighted by atomic mass is 10.2. The molecule has 0 aromatic heterocycles. The largest absolute Gasteiger partial charge is 0.425 e.